The van der Waals surface area contributed by atoms with E-state index in [0.717, 1.165) is 38.9 Å². The van der Waals surface area contributed by atoms with Gasteiger partial charge in [0.15, 0.2) is 0 Å². The van der Waals surface area contributed by atoms with Crippen molar-refractivity contribution < 1.29 is 8.42 Å². The van der Waals surface area contributed by atoms with Crippen LogP contribution < -0.4 is 5.32 Å². The van der Waals surface area contributed by atoms with Gasteiger partial charge in [0.1, 0.15) is 0 Å². The molecule has 1 saturated heterocycles. The Hall–Kier alpha value is -0.130. The molecule has 19 heavy (non-hydrogen) atoms. The summed E-state index contributed by atoms with van der Waals surface area (Å²) in [6.45, 7) is 5.07. The number of rotatable bonds is 6. The van der Waals surface area contributed by atoms with Crippen molar-refractivity contribution in [2.45, 2.75) is 51.9 Å². The first-order valence-corrected chi connectivity index (χ1v) is 9.37. The Kier molecular flexibility index (Phi) is 5.26. The molecule has 1 heterocycles. The molecule has 1 aliphatic heterocycles. The fourth-order valence-corrected chi connectivity index (χ4v) is 4.90. The Balaban J connectivity index is 1.79. The highest BCUT2D eigenvalue weighted by Gasteiger charge is 2.39. The smallest absolute Gasteiger partial charge is 0.215 e. The highest BCUT2D eigenvalue weighted by atomic mass is 32.2. The second kappa shape index (κ2) is 6.55. The zero-order chi connectivity index (χ0) is 13.8. The van der Waals surface area contributed by atoms with Gasteiger partial charge in [-0.3, -0.25) is 0 Å². The molecule has 112 valence electrons. The first-order valence-electron chi connectivity index (χ1n) is 7.77. The molecule has 2 rings (SSSR count). The second-order valence-corrected chi connectivity index (χ2v) is 8.26. The highest BCUT2D eigenvalue weighted by Crippen LogP contribution is 2.46. The minimum absolute atomic E-state index is 0.250. The van der Waals surface area contributed by atoms with Gasteiger partial charge in [-0.2, -0.15) is 0 Å². The van der Waals surface area contributed by atoms with E-state index in [9.17, 15) is 8.42 Å². The van der Waals surface area contributed by atoms with Gasteiger partial charge in [-0.1, -0.05) is 19.8 Å². The third-order valence-corrected chi connectivity index (χ3v) is 6.68. The molecule has 4 nitrogen and oxygen atoms in total. The third kappa shape index (κ3) is 3.92. The fraction of sp³-hybridized carbons (Fsp3) is 1.00. The fourth-order valence-electron chi connectivity index (χ4n) is 3.50. The van der Waals surface area contributed by atoms with E-state index in [1.54, 1.807) is 4.31 Å². The molecule has 1 spiro atoms. The Bertz CT molecular complexity index is 365. The minimum Gasteiger partial charge on any atom is -0.316 e. The summed E-state index contributed by atoms with van der Waals surface area (Å²) in [6.07, 6.45) is 8.52. The van der Waals surface area contributed by atoms with Gasteiger partial charge in [0.2, 0.25) is 10.0 Å². The summed E-state index contributed by atoms with van der Waals surface area (Å²) in [5, 5.41) is 3.17. The summed E-state index contributed by atoms with van der Waals surface area (Å²) in [6, 6.07) is 0. The largest absolute Gasteiger partial charge is 0.316 e. The van der Waals surface area contributed by atoms with Crippen LogP contribution in [0.5, 0.6) is 0 Å². The molecule has 0 aromatic heterocycles. The van der Waals surface area contributed by atoms with Crippen LogP contribution in [0.15, 0.2) is 0 Å². The molecule has 1 N–H and O–H groups in total. The molecule has 0 aromatic rings. The Morgan fingerprint density at radius 3 is 2.26 bits per heavy atom. The van der Waals surface area contributed by atoms with Gasteiger partial charge in [-0.25, -0.2) is 12.7 Å². The van der Waals surface area contributed by atoms with Crippen molar-refractivity contribution >= 4 is 10.0 Å². The average molecular weight is 288 g/mol. The van der Waals surface area contributed by atoms with Gasteiger partial charge in [0.25, 0.3) is 0 Å². The molecular formula is C14H28N2O2S. The van der Waals surface area contributed by atoms with Crippen LogP contribution in [0, 0.1) is 5.41 Å². The number of nitrogens with zero attached hydrogens (tertiary/aromatic N) is 1. The monoisotopic (exact) mass is 288 g/mol. The van der Waals surface area contributed by atoms with Gasteiger partial charge in [-0.05, 0) is 44.1 Å². The van der Waals surface area contributed by atoms with E-state index in [4.69, 9.17) is 0 Å². The summed E-state index contributed by atoms with van der Waals surface area (Å²) in [5.74, 6) is 0.250. The zero-order valence-corrected chi connectivity index (χ0v) is 13.0. The molecule has 1 aliphatic carbocycles. The lowest BCUT2D eigenvalue weighted by Gasteiger charge is -2.38. The van der Waals surface area contributed by atoms with Crippen LogP contribution in [0.25, 0.3) is 0 Å². The third-order valence-electron chi connectivity index (χ3n) is 4.80. The maximum absolute atomic E-state index is 12.2. The minimum atomic E-state index is -3.04. The van der Waals surface area contributed by atoms with Crippen LogP contribution in [-0.2, 0) is 10.0 Å². The van der Waals surface area contributed by atoms with Crippen molar-refractivity contribution in [1.29, 1.82) is 0 Å². The van der Waals surface area contributed by atoms with Gasteiger partial charge in [0.05, 0.1) is 5.75 Å². The average Bonchev–Trinajstić information content (AvgIpc) is 2.84. The standard InChI is InChI=1S/C14H28N2O2S/c1-2-9-15-10-13-19(17,18)16-11-7-14(8-12-16)5-3-4-6-14/h15H,2-13H2,1H3. The van der Waals surface area contributed by atoms with Crippen LogP contribution in [0.2, 0.25) is 0 Å². The highest BCUT2D eigenvalue weighted by molar-refractivity contribution is 7.89. The number of hydrogen-bond donors (Lipinski definition) is 1. The lowest BCUT2D eigenvalue weighted by atomic mass is 9.78. The molecule has 5 heteroatoms. The van der Waals surface area contributed by atoms with Crippen LogP contribution in [-0.4, -0.2) is 44.7 Å². The Morgan fingerprint density at radius 2 is 1.68 bits per heavy atom. The van der Waals surface area contributed by atoms with E-state index in [1.165, 1.54) is 25.7 Å². The number of sulfonamides is 1. The van der Waals surface area contributed by atoms with E-state index < -0.39 is 10.0 Å². The van der Waals surface area contributed by atoms with E-state index >= 15 is 0 Å². The van der Waals surface area contributed by atoms with Crippen molar-refractivity contribution in [3.8, 4) is 0 Å². The summed E-state index contributed by atoms with van der Waals surface area (Å²) in [4.78, 5) is 0. The van der Waals surface area contributed by atoms with Crippen LogP contribution >= 0.6 is 0 Å². The zero-order valence-electron chi connectivity index (χ0n) is 12.2. The predicted octanol–water partition coefficient (Wildman–Crippen LogP) is 1.97. The summed E-state index contributed by atoms with van der Waals surface area (Å²) < 4.78 is 26.2. The summed E-state index contributed by atoms with van der Waals surface area (Å²) in [7, 11) is -3.04. The van der Waals surface area contributed by atoms with E-state index in [-0.39, 0.29) is 5.75 Å². The van der Waals surface area contributed by atoms with Crippen molar-refractivity contribution in [3.05, 3.63) is 0 Å². The maximum atomic E-state index is 12.2. The summed E-state index contributed by atoms with van der Waals surface area (Å²) in [5.41, 5.74) is 0.493. The number of nitrogens with one attached hydrogen (secondary N) is 1. The molecule has 0 amide bonds. The molecule has 2 aliphatic rings. The van der Waals surface area contributed by atoms with Crippen molar-refractivity contribution in [3.63, 3.8) is 0 Å². The molecule has 0 bridgehead atoms. The molecule has 2 fully saturated rings. The van der Waals surface area contributed by atoms with Crippen LogP contribution in [0.4, 0.5) is 0 Å². The molecule has 0 radical (unpaired) electrons. The van der Waals surface area contributed by atoms with Crippen LogP contribution in [0.3, 0.4) is 0 Å². The van der Waals surface area contributed by atoms with Gasteiger partial charge < -0.3 is 5.32 Å². The van der Waals surface area contributed by atoms with Crippen molar-refractivity contribution in [2.24, 2.45) is 5.41 Å². The van der Waals surface area contributed by atoms with E-state index in [1.807, 2.05) is 0 Å². The number of piperidine rings is 1. The van der Waals surface area contributed by atoms with Gasteiger partial charge in [-0.15, -0.1) is 0 Å². The summed E-state index contributed by atoms with van der Waals surface area (Å²) >= 11 is 0. The maximum Gasteiger partial charge on any atom is 0.215 e. The first-order chi connectivity index (χ1) is 9.08. The quantitative estimate of drug-likeness (QED) is 0.760. The topological polar surface area (TPSA) is 49.4 Å². The molecular weight excluding hydrogens is 260 g/mol. The molecule has 1 saturated carbocycles. The predicted molar refractivity (Wildman–Crippen MR) is 78.7 cm³/mol. The van der Waals surface area contributed by atoms with Crippen molar-refractivity contribution in [2.75, 3.05) is 31.9 Å². The molecule has 0 unspecified atom stereocenters. The Morgan fingerprint density at radius 1 is 1.05 bits per heavy atom. The first kappa shape index (κ1) is 15.3. The SMILES string of the molecule is CCCNCCS(=O)(=O)N1CCC2(CCCC2)CC1. The van der Waals surface area contributed by atoms with Gasteiger partial charge in [0, 0.05) is 19.6 Å². The Labute approximate surface area is 118 Å². The number of hydrogen-bond acceptors (Lipinski definition) is 3. The molecule has 0 aromatic carbocycles. The van der Waals surface area contributed by atoms with Crippen molar-refractivity contribution in [1.82, 2.24) is 9.62 Å². The van der Waals surface area contributed by atoms with Gasteiger partial charge >= 0.3 is 0 Å². The molecule has 0 atom stereocenters. The van der Waals surface area contributed by atoms with E-state index in [2.05, 4.69) is 12.2 Å². The normalized spacial score (nSPS) is 24.1. The second-order valence-electron chi connectivity index (χ2n) is 6.17. The lowest BCUT2D eigenvalue weighted by molar-refractivity contribution is 0.160. The lowest BCUT2D eigenvalue weighted by Crippen LogP contribution is -2.44. The van der Waals surface area contributed by atoms with E-state index in [0.29, 0.717) is 12.0 Å². The van der Waals surface area contributed by atoms with Crippen LogP contribution in [0.1, 0.15) is 51.9 Å².